The second kappa shape index (κ2) is 4.85. The van der Waals surface area contributed by atoms with Crippen LogP contribution < -0.4 is 0 Å². The molecule has 5 nitrogen and oxygen atoms in total. The Morgan fingerprint density at radius 1 is 1.42 bits per heavy atom. The van der Waals surface area contributed by atoms with E-state index in [4.69, 9.17) is 21.4 Å². The highest BCUT2D eigenvalue weighted by Gasteiger charge is 2.65. The highest BCUT2D eigenvalue weighted by atomic mass is 35.5. The number of aliphatic hydroxyl groups excluding tert-OH is 2. The van der Waals surface area contributed by atoms with Crippen LogP contribution in [0.3, 0.4) is 0 Å². The van der Waals surface area contributed by atoms with E-state index in [-0.39, 0.29) is 5.56 Å². The van der Waals surface area contributed by atoms with Gasteiger partial charge in [0.05, 0.1) is 6.61 Å². The molecule has 0 spiro atoms. The average Bonchev–Trinajstić information content (AvgIpc) is 2.60. The molecule has 0 amide bonds. The van der Waals surface area contributed by atoms with Crippen molar-refractivity contribution in [3.63, 3.8) is 0 Å². The predicted octanol–water partition coefficient (Wildman–Crippen LogP) is 0.307. The zero-order valence-corrected chi connectivity index (χ0v) is 11.0. The van der Waals surface area contributed by atoms with Gasteiger partial charge in [0.1, 0.15) is 17.8 Å². The molecule has 1 fully saturated rings. The Hall–Kier alpha value is -0.980. The number of Topliss-reactive ketones (excluding diaryl/α,β-unsaturated/α-hetero) is 1. The van der Waals surface area contributed by atoms with Crippen LogP contribution in [-0.4, -0.2) is 50.6 Å². The summed E-state index contributed by atoms with van der Waals surface area (Å²) < 4.78 is 5.21. The molecule has 0 aliphatic carbocycles. The van der Waals surface area contributed by atoms with Gasteiger partial charge < -0.3 is 20.1 Å². The molecular formula is C13H15ClO5. The van der Waals surface area contributed by atoms with Crippen molar-refractivity contribution in [2.45, 2.75) is 29.8 Å². The molecule has 0 aromatic heterocycles. The van der Waals surface area contributed by atoms with Crippen LogP contribution in [0.5, 0.6) is 0 Å². The van der Waals surface area contributed by atoms with Gasteiger partial charge in [0.15, 0.2) is 0 Å². The monoisotopic (exact) mass is 286 g/mol. The van der Waals surface area contributed by atoms with E-state index in [1.807, 2.05) is 0 Å². The Morgan fingerprint density at radius 3 is 2.47 bits per heavy atom. The number of ether oxygens (including phenoxy) is 1. The lowest BCUT2D eigenvalue weighted by atomic mass is 9.88. The fraction of sp³-hybridized carbons (Fsp3) is 0.462. The Kier molecular flexibility index (Phi) is 3.68. The van der Waals surface area contributed by atoms with Gasteiger partial charge >= 0.3 is 0 Å². The number of halogens is 1. The minimum absolute atomic E-state index is 0.253. The summed E-state index contributed by atoms with van der Waals surface area (Å²) in [7, 11) is 0. The Balaban J connectivity index is 2.40. The van der Waals surface area contributed by atoms with Gasteiger partial charge in [0.25, 0.3) is 0 Å². The van der Waals surface area contributed by atoms with Gasteiger partial charge in [-0.05, 0) is 6.92 Å². The zero-order valence-electron chi connectivity index (χ0n) is 10.3. The smallest absolute Gasteiger partial charge is 0.236 e. The molecule has 0 unspecified atom stereocenters. The molecule has 2 rings (SSSR count). The summed E-state index contributed by atoms with van der Waals surface area (Å²) in [6.45, 7) is 0.662. The molecular weight excluding hydrogens is 272 g/mol. The fourth-order valence-electron chi connectivity index (χ4n) is 2.14. The SMILES string of the molecule is C[C@]1(O)[C@@H](O)[C@H](CO)O[C@]1(Cl)C(=O)c1ccccc1. The van der Waals surface area contributed by atoms with Crippen LogP contribution in [-0.2, 0) is 4.74 Å². The quantitative estimate of drug-likeness (QED) is 0.550. The van der Waals surface area contributed by atoms with Crippen LogP contribution in [0.25, 0.3) is 0 Å². The molecule has 19 heavy (non-hydrogen) atoms. The normalized spacial score (nSPS) is 38.4. The third-order valence-corrected chi connectivity index (χ3v) is 4.04. The number of benzene rings is 1. The summed E-state index contributed by atoms with van der Waals surface area (Å²) in [5.74, 6) is -0.658. The summed E-state index contributed by atoms with van der Waals surface area (Å²) in [4.78, 5) is 12.4. The lowest BCUT2D eigenvalue weighted by Crippen LogP contribution is -2.55. The largest absolute Gasteiger partial charge is 0.394 e. The molecule has 6 heteroatoms. The minimum Gasteiger partial charge on any atom is -0.394 e. The summed E-state index contributed by atoms with van der Waals surface area (Å²) >= 11 is 6.12. The van der Waals surface area contributed by atoms with E-state index in [2.05, 4.69) is 0 Å². The summed E-state index contributed by atoms with van der Waals surface area (Å²) in [6, 6.07) is 8.10. The third kappa shape index (κ3) is 2.07. The van der Waals surface area contributed by atoms with E-state index in [1.54, 1.807) is 18.2 Å². The number of carbonyl (C=O) groups excluding carboxylic acids is 1. The molecule has 1 aromatic carbocycles. The number of hydrogen-bond donors (Lipinski definition) is 3. The van der Waals surface area contributed by atoms with E-state index in [1.165, 1.54) is 19.1 Å². The molecule has 0 bridgehead atoms. The third-order valence-electron chi connectivity index (χ3n) is 3.40. The number of ketones is 1. The maximum Gasteiger partial charge on any atom is 0.236 e. The number of rotatable bonds is 3. The Morgan fingerprint density at radius 2 is 2.00 bits per heavy atom. The van der Waals surface area contributed by atoms with Gasteiger partial charge in [0.2, 0.25) is 10.8 Å². The van der Waals surface area contributed by atoms with Gasteiger partial charge in [-0.25, -0.2) is 0 Å². The molecule has 3 N–H and O–H groups in total. The number of alkyl halides is 1. The van der Waals surface area contributed by atoms with Crippen LogP contribution in [0, 0.1) is 0 Å². The van der Waals surface area contributed by atoms with Crippen molar-refractivity contribution < 1.29 is 24.9 Å². The molecule has 1 saturated heterocycles. The van der Waals surface area contributed by atoms with Gasteiger partial charge in [-0.2, -0.15) is 0 Å². The van der Waals surface area contributed by atoms with E-state index in [0.29, 0.717) is 0 Å². The van der Waals surface area contributed by atoms with Crippen LogP contribution in [0.4, 0.5) is 0 Å². The Labute approximate surface area is 115 Å². The first-order valence-electron chi connectivity index (χ1n) is 5.82. The maximum atomic E-state index is 12.4. The van der Waals surface area contributed by atoms with Crippen LogP contribution in [0.15, 0.2) is 30.3 Å². The number of carbonyl (C=O) groups is 1. The summed E-state index contributed by atoms with van der Waals surface area (Å²) in [5.41, 5.74) is -1.75. The first kappa shape index (κ1) is 14.4. The zero-order chi connectivity index (χ0) is 14.3. The highest BCUT2D eigenvalue weighted by molar-refractivity contribution is 6.38. The molecule has 1 heterocycles. The first-order chi connectivity index (χ1) is 8.84. The van der Waals surface area contributed by atoms with E-state index >= 15 is 0 Å². The van der Waals surface area contributed by atoms with Crippen molar-refractivity contribution in [3.8, 4) is 0 Å². The standard InChI is InChI=1S/C13H15ClO5/c1-12(18)11(17)9(7-15)19-13(12,14)10(16)8-5-3-2-4-6-8/h2-6,9,11,15,17-18H,7H2,1H3/t9-,11-,12-,13+/m0/s1. The molecule has 0 radical (unpaired) electrons. The van der Waals surface area contributed by atoms with Crippen molar-refractivity contribution in [3.05, 3.63) is 35.9 Å². The van der Waals surface area contributed by atoms with Crippen molar-refractivity contribution in [1.82, 2.24) is 0 Å². The fourth-order valence-corrected chi connectivity index (χ4v) is 2.48. The molecule has 1 aromatic rings. The van der Waals surface area contributed by atoms with Crippen molar-refractivity contribution in [2.24, 2.45) is 0 Å². The molecule has 104 valence electrons. The van der Waals surface area contributed by atoms with Crippen molar-refractivity contribution in [2.75, 3.05) is 6.61 Å². The van der Waals surface area contributed by atoms with E-state index in [9.17, 15) is 15.0 Å². The first-order valence-corrected chi connectivity index (χ1v) is 6.20. The van der Waals surface area contributed by atoms with Crippen LogP contribution in [0.1, 0.15) is 17.3 Å². The van der Waals surface area contributed by atoms with Crippen molar-refractivity contribution in [1.29, 1.82) is 0 Å². The topological polar surface area (TPSA) is 87.0 Å². The maximum absolute atomic E-state index is 12.4. The van der Waals surface area contributed by atoms with Crippen LogP contribution >= 0.6 is 11.6 Å². The number of aliphatic hydroxyl groups is 3. The molecule has 1 aliphatic heterocycles. The summed E-state index contributed by atoms with van der Waals surface area (Å²) in [5, 5.41) is 27.1. The second-order valence-electron chi connectivity index (χ2n) is 4.72. The predicted molar refractivity (Wildman–Crippen MR) is 67.9 cm³/mol. The van der Waals surface area contributed by atoms with Crippen molar-refractivity contribution >= 4 is 17.4 Å². The lowest BCUT2D eigenvalue weighted by Gasteiger charge is -2.32. The molecule has 1 aliphatic rings. The van der Waals surface area contributed by atoms with E-state index < -0.39 is 35.3 Å². The second-order valence-corrected chi connectivity index (χ2v) is 5.25. The number of hydrogen-bond acceptors (Lipinski definition) is 5. The molecule has 0 saturated carbocycles. The lowest BCUT2D eigenvalue weighted by molar-refractivity contribution is -0.0683. The molecule has 4 atom stereocenters. The minimum atomic E-state index is -2.12. The highest BCUT2D eigenvalue weighted by Crippen LogP contribution is 2.44. The summed E-state index contributed by atoms with van der Waals surface area (Å²) in [6.07, 6.45) is -2.57. The Bertz CT molecular complexity index is 475. The van der Waals surface area contributed by atoms with Gasteiger partial charge in [-0.3, -0.25) is 4.79 Å². The van der Waals surface area contributed by atoms with E-state index in [0.717, 1.165) is 0 Å². The van der Waals surface area contributed by atoms with Crippen LogP contribution in [0.2, 0.25) is 0 Å². The van der Waals surface area contributed by atoms with Gasteiger partial charge in [-0.1, -0.05) is 41.9 Å². The van der Waals surface area contributed by atoms with Gasteiger partial charge in [-0.15, -0.1) is 0 Å². The van der Waals surface area contributed by atoms with Gasteiger partial charge in [0, 0.05) is 5.56 Å². The average molecular weight is 287 g/mol.